The van der Waals surface area contributed by atoms with Gasteiger partial charge in [0.25, 0.3) is 0 Å². The maximum absolute atomic E-state index is 15.5. The van der Waals surface area contributed by atoms with Crippen molar-refractivity contribution in [3.8, 4) is 16.9 Å². The number of halogens is 2. The summed E-state index contributed by atoms with van der Waals surface area (Å²) in [5.41, 5.74) is 4.43. The summed E-state index contributed by atoms with van der Waals surface area (Å²) in [4.78, 5) is 19.1. The number of oxime groups is 1. The number of allylic oxidation sites excluding steroid dienone is 4. The predicted molar refractivity (Wildman–Crippen MR) is 147 cm³/mol. The Balaban J connectivity index is 1.43. The normalized spacial score (nSPS) is 19.4. The zero-order chi connectivity index (χ0) is 28.2. The number of nitrogens with zero attached hydrogens (tertiary/aromatic N) is 6. The van der Waals surface area contributed by atoms with E-state index in [0.29, 0.717) is 39.1 Å². The molecule has 0 aliphatic heterocycles. The summed E-state index contributed by atoms with van der Waals surface area (Å²) in [7, 11) is 1.29. The average molecular weight is 563 g/mol. The molecule has 2 aromatic heterocycles. The minimum atomic E-state index is -1.40. The molecule has 1 aliphatic carbocycles. The van der Waals surface area contributed by atoms with Crippen LogP contribution in [0.5, 0.6) is 0 Å². The number of hydrogen-bond donors (Lipinski definition) is 3. The Morgan fingerprint density at radius 3 is 2.77 bits per heavy atom. The number of rotatable bonds is 6. The van der Waals surface area contributed by atoms with Gasteiger partial charge < -0.3 is 14.9 Å². The fraction of sp³-hybridized carbons (Fsp3) is 0.185. The van der Waals surface area contributed by atoms with E-state index in [-0.39, 0.29) is 17.7 Å². The van der Waals surface area contributed by atoms with E-state index >= 15 is 4.39 Å². The highest BCUT2D eigenvalue weighted by molar-refractivity contribution is 6.30. The number of amides is 1. The highest BCUT2D eigenvalue weighted by Crippen LogP contribution is 2.39. The first kappa shape index (κ1) is 26.8. The topological polar surface area (TPSA) is 143 Å². The van der Waals surface area contributed by atoms with Gasteiger partial charge in [-0.05, 0) is 71.3 Å². The van der Waals surface area contributed by atoms with Gasteiger partial charge >= 0.3 is 6.09 Å². The van der Waals surface area contributed by atoms with Crippen LogP contribution in [-0.4, -0.2) is 60.5 Å². The predicted octanol–water partition coefficient (Wildman–Crippen LogP) is 5.57. The fourth-order valence-corrected chi connectivity index (χ4v) is 4.77. The molecule has 2 aromatic carbocycles. The van der Waals surface area contributed by atoms with Gasteiger partial charge in [-0.2, -0.15) is 4.68 Å². The van der Waals surface area contributed by atoms with Gasteiger partial charge in [-0.25, -0.2) is 14.2 Å². The zero-order valence-electron chi connectivity index (χ0n) is 21.4. The van der Waals surface area contributed by atoms with Crippen molar-refractivity contribution in [1.29, 1.82) is 0 Å². The molecule has 0 radical (unpaired) electrons. The number of H-pyrrole nitrogens is 1. The van der Waals surface area contributed by atoms with E-state index in [1.807, 2.05) is 13.0 Å². The third-order valence-corrected chi connectivity index (χ3v) is 6.79. The van der Waals surface area contributed by atoms with E-state index < -0.39 is 18.2 Å². The number of hydrogen-bond acceptors (Lipinski definition) is 8. The number of ether oxygens (including phenoxy) is 1. The van der Waals surface area contributed by atoms with E-state index in [0.717, 1.165) is 5.56 Å². The molecule has 40 heavy (non-hydrogen) atoms. The summed E-state index contributed by atoms with van der Waals surface area (Å²) in [6, 6.07) is 12.3. The number of nitrogens with one attached hydrogen (secondary N) is 2. The molecule has 1 fully saturated rings. The van der Waals surface area contributed by atoms with Crippen LogP contribution in [-0.2, 0) is 4.74 Å². The molecule has 11 nitrogen and oxygen atoms in total. The number of benzene rings is 2. The van der Waals surface area contributed by atoms with Crippen LogP contribution < -0.4 is 5.32 Å². The molecule has 1 saturated carbocycles. The molecule has 0 spiro atoms. The number of anilines is 1. The van der Waals surface area contributed by atoms with Gasteiger partial charge in [-0.3, -0.25) is 5.32 Å². The molecule has 0 saturated heterocycles. The monoisotopic (exact) mass is 562 g/mol. The molecular weight excluding hydrogens is 539 g/mol. The Morgan fingerprint density at radius 2 is 2.10 bits per heavy atom. The second kappa shape index (κ2) is 11.5. The Hall–Kier alpha value is -4.84. The van der Waals surface area contributed by atoms with E-state index in [9.17, 15) is 10.0 Å². The van der Waals surface area contributed by atoms with Crippen LogP contribution in [0.1, 0.15) is 30.7 Å². The van der Waals surface area contributed by atoms with E-state index in [4.69, 9.17) is 11.6 Å². The van der Waals surface area contributed by atoms with Crippen molar-refractivity contribution in [2.24, 2.45) is 5.16 Å². The molecule has 204 valence electrons. The molecule has 2 unspecified atom stereocenters. The first-order valence-electron chi connectivity index (χ1n) is 12.2. The highest BCUT2D eigenvalue weighted by atomic mass is 35.5. The number of imidazole rings is 1. The number of carbonyl (C=O) groups excluding carboxylic acids is 1. The SMILES string of the molecule is C\C=C(/C=C1/C(=N/O)C(c2ncc(-c3ccc(NC(=O)OC)cc3)[nH]2)CC1F)c1cc(Cl)ccc1-n1cnnn1. The van der Waals surface area contributed by atoms with Crippen molar-refractivity contribution in [3.05, 3.63) is 89.1 Å². The third-order valence-electron chi connectivity index (χ3n) is 6.55. The lowest BCUT2D eigenvalue weighted by Crippen LogP contribution is -2.10. The van der Waals surface area contributed by atoms with Crippen LogP contribution in [0.2, 0.25) is 5.02 Å². The van der Waals surface area contributed by atoms with E-state index in [1.54, 1.807) is 54.7 Å². The van der Waals surface area contributed by atoms with Gasteiger partial charge in [-0.1, -0.05) is 35.0 Å². The first-order valence-corrected chi connectivity index (χ1v) is 12.6. The van der Waals surface area contributed by atoms with Gasteiger partial charge in [0.2, 0.25) is 0 Å². The van der Waals surface area contributed by atoms with Gasteiger partial charge in [0.1, 0.15) is 18.3 Å². The fourth-order valence-electron chi connectivity index (χ4n) is 4.60. The van der Waals surface area contributed by atoms with Crippen LogP contribution in [0.4, 0.5) is 14.9 Å². The van der Waals surface area contributed by atoms with Crippen molar-refractivity contribution >= 4 is 34.7 Å². The van der Waals surface area contributed by atoms with Crippen LogP contribution in [0.15, 0.2) is 77.9 Å². The Labute approximate surface area is 233 Å². The summed E-state index contributed by atoms with van der Waals surface area (Å²) < 4.78 is 21.6. The maximum atomic E-state index is 15.5. The lowest BCUT2D eigenvalue weighted by molar-refractivity contribution is 0.187. The molecule has 1 amide bonds. The Morgan fingerprint density at radius 1 is 1.30 bits per heavy atom. The molecular formula is C27H24ClFN8O3. The van der Waals surface area contributed by atoms with Crippen molar-refractivity contribution in [3.63, 3.8) is 0 Å². The largest absolute Gasteiger partial charge is 0.453 e. The van der Waals surface area contributed by atoms with Gasteiger partial charge in [0.15, 0.2) is 0 Å². The molecule has 3 N–H and O–H groups in total. The molecule has 2 heterocycles. The number of methoxy groups -OCH3 is 1. The summed E-state index contributed by atoms with van der Waals surface area (Å²) in [5.74, 6) is -0.138. The quantitative estimate of drug-likeness (QED) is 0.206. The minimum Gasteiger partial charge on any atom is -0.453 e. The summed E-state index contributed by atoms with van der Waals surface area (Å²) in [6.07, 6.45) is 4.62. The van der Waals surface area contributed by atoms with Gasteiger partial charge in [-0.15, -0.1) is 5.10 Å². The van der Waals surface area contributed by atoms with Gasteiger partial charge in [0, 0.05) is 21.8 Å². The lowest BCUT2D eigenvalue weighted by Gasteiger charge is -2.12. The van der Waals surface area contributed by atoms with Crippen LogP contribution in [0.25, 0.3) is 22.5 Å². The van der Waals surface area contributed by atoms with Crippen molar-refractivity contribution < 1.29 is 19.1 Å². The first-order chi connectivity index (χ1) is 19.4. The van der Waals surface area contributed by atoms with E-state index in [2.05, 4.69) is 40.7 Å². The molecule has 2 atom stereocenters. The van der Waals surface area contributed by atoms with Crippen LogP contribution >= 0.6 is 11.6 Å². The molecule has 1 aliphatic rings. The van der Waals surface area contributed by atoms with Crippen molar-refractivity contribution in [2.45, 2.75) is 25.4 Å². The number of aromatic nitrogens is 6. The Kier molecular flexibility index (Phi) is 7.69. The Bertz CT molecular complexity index is 1610. The molecule has 5 rings (SSSR count). The lowest BCUT2D eigenvalue weighted by atomic mass is 9.98. The third kappa shape index (κ3) is 5.34. The average Bonchev–Trinajstić information content (AvgIpc) is 3.73. The number of carbonyl (C=O) groups is 1. The summed E-state index contributed by atoms with van der Waals surface area (Å²) >= 11 is 6.29. The number of alkyl halides is 1. The number of aromatic amines is 1. The van der Waals surface area contributed by atoms with E-state index in [1.165, 1.54) is 18.1 Å². The van der Waals surface area contributed by atoms with Crippen LogP contribution in [0.3, 0.4) is 0 Å². The smallest absolute Gasteiger partial charge is 0.411 e. The van der Waals surface area contributed by atoms with Crippen LogP contribution in [0, 0.1) is 0 Å². The number of tetrazole rings is 1. The zero-order valence-corrected chi connectivity index (χ0v) is 22.2. The standard InChI is InChI=1S/C27H24ClFN8O3/c1-3-15(19-11-17(28)6-9-24(19)37-14-31-35-36-37)10-20-22(29)12-21(25(20)34-39)26-30-13-23(33-26)16-4-7-18(8-5-16)32-27(38)40-2/h3-11,13-14,21-22,39H,12H2,1-2H3,(H,30,33)(H,32,38)/b15-3+,20-10+,34-25-. The summed E-state index contributed by atoms with van der Waals surface area (Å²) in [6.45, 7) is 1.82. The van der Waals surface area contributed by atoms with Crippen molar-refractivity contribution in [1.82, 2.24) is 30.2 Å². The highest BCUT2D eigenvalue weighted by Gasteiger charge is 2.39. The van der Waals surface area contributed by atoms with Gasteiger partial charge in [0.05, 0.1) is 36.3 Å². The van der Waals surface area contributed by atoms with Crippen molar-refractivity contribution in [2.75, 3.05) is 12.4 Å². The molecule has 4 aromatic rings. The molecule has 13 heteroatoms. The summed E-state index contributed by atoms with van der Waals surface area (Å²) in [5, 5.41) is 27.9. The molecule has 0 bridgehead atoms. The second-order valence-corrected chi connectivity index (χ2v) is 9.31. The maximum Gasteiger partial charge on any atom is 0.411 e. The minimum absolute atomic E-state index is 0.0482. The second-order valence-electron chi connectivity index (χ2n) is 8.88.